The van der Waals surface area contributed by atoms with E-state index in [1.54, 1.807) is 0 Å². The molecule has 1 amide bonds. The second-order valence-corrected chi connectivity index (χ2v) is 7.67. The lowest BCUT2D eigenvalue weighted by molar-refractivity contribution is -0.225. The molecule has 0 aromatic rings. The van der Waals surface area contributed by atoms with Gasteiger partial charge in [-0.3, -0.25) is 4.79 Å². The van der Waals surface area contributed by atoms with Crippen LogP contribution < -0.4 is 11.1 Å². The van der Waals surface area contributed by atoms with Gasteiger partial charge in [0, 0.05) is 24.5 Å². The molecule has 3 unspecified atom stereocenters. The second kappa shape index (κ2) is 5.39. The molecule has 1 saturated heterocycles. The summed E-state index contributed by atoms with van der Waals surface area (Å²) in [6.45, 7) is 7.95. The molecule has 122 valence electrons. The monoisotopic (exact) mass is 316 g/mol. The summed E-state index contributed by atoms with van der Waals surface area (Å²) < 4.78 is 5.86. The van der Waals surface area contributed by atoms with Crippen molar-refractivity contribution in [3.63, 3.8) is 0 Å². The predicted molar refractivity (Wildman–Crippen MR) is 85.4 cm³/mol. The zero-order chi connectivity index (χ0) is 14.6. The zero-order valence-electron chi connectivity index (χ0n) is 13.4. The van der Waals surface area contributed by atoms with E-state index < -0.39 is 5.54 Å². The summed E-state index contributed by atoms with van der Waals surface area (Å²) in [6.07, 6.45) is 5.79. The summed E-state index contributed by atoms with van der Waals surface area (Å²) in [5.74, 6) is 0.219. The number of nitrogens with one attached hydrogen (secondary N) is 1. The van der Waals surface area contributed by atoms with Crippen molar-refractivity contribution >= 4 is 18.3 Å². The lowest BCUT2D eigenvalue weighted by atomic mass is 9.46. The lowest BCUT2D eigenvalue weighted by Gasteiger charge is -2.65. The minimum absolute atomic E-state index is 0. The van der Waals surface area contributed by atoms with Crippen LogP contribution >= 0.6 is 12.4 Å². The van der Waals surface area contributed by atoms with Crippen molar-refractivity contribution in [3.05, 3.63) is 0 Å². The molecule has 0 spiro atoms. The number of amides is 1. The molecule has 3 rings (SSSR count). The third-order valence-corrected chi connectivity index (χ3v) is 6.39. The Labute approximate surface area is 134 Å². The van der Waals surface area contributed by atoms with Gasteiger partial charge in [0.2, 0.25) is 5.91 Å². The number of nitrogens with two attached hydrogens (primary N) is 1. The van der Waals surface area contributed by atoms with Gasteiger partial charge in [0.1, 0.15) is 5.54 Å². The maximum atomic E-state index is 12.7. The van der Waals surface area contributed by atoms with Crippen LogP contribution in [0, 0.1) is 16.7 Å². The molecule has 2 saturated carbocycles. The molecule has 1 heterocycles. The first kappa shape index (κ1) is 17.0. The van der Waals surface area contributed by atoms with Gasteiger partial charge in [-0.2, -0.15) is 0 Å². The molecule has 4 nitrogen and oxygen atoms in total. The molecule has 0 aromatic carbocycles. The summed E-state index contributed by atoms with van der Waals surface area (Å²) in [7, 11) is 0. The van der Waals surface area contributed by atoms with E-state index in [1.807, 2.05) is 0 Å². The van der Waals surface area contributed by atoms with Crippen molar-refractivity contribution < 1.29 is 9.53 Å². The van der Waals surface area contributed by atoms with E-state index in [1.165, 1.54) is 12.8 Å². The van der Waals surface area contributed by atoms with E-state index in [4.69, 9.17) is 10.5 Å². The molecule has 2 aliphatic carbocycles. The number of hydrogen-bond donors (Lipinski definition) is 2. The normalized spacial score (nSPS) is 38.5. The number of hydrogen-bond acceptors (Lipinski definition) is 3. The molecular weight excluding hydrogens is 288 g/mol. The highest BCUT2D eigenvalue weighted by molar-refractivity contribution is 5.89. The van der Waals surface area contributed by atoms with Crippen molar-refractivity contribution in [2.45, 2.75) is 64.5 Å². The van der Waals surface area contributed by atoms with E-state index in [0.29, 0.717) is 5.41 Å². The van der Waals surface area contributed by atoms with Crippen molar-refractivity contribution in [3.8, 4) is 0 Å². The van der Waals surface area contributed by atoms with Crippen LogP contribution in [0.4, 0.5) is 0 Å². The molecule has 1 aliphatic heterocycles. The molecule has 5 heteroatoms. The third kappa shape index (κ3) is 2.30. The molecular formula is C16H29ClN2O2. The number of ether oxygens (including phenoxy) is 1. The molecule has 0 aromatic heterocycles. The van der Waals surface area contributed by atoms with E-state index >= 15 is 0 Å². The fourth-order valence-electron chi connectivity index (χ4n) is 4.28. The fraction of sp³-hybridized carbons (Fsp3) is 0.938. The van der Waals surface area contributed by atoms with Gasteiger partial charge in [-0.1, -0.05) is 20.8 Å². The lowest BCUT2D eigenvalue weighted by Crippen LogP contribution is -2.82. The van der Waals surface area contributed by atoms with Gasteiger partial charge in [-0.15, -0.1) is 12.4 Å². The van der Waals surface area contributed by atoms with Crippen LogP contribution in [0.5, 0.6) is 0 Å². The van der Waals surface area contributed by atoms with Gasteiger partial charge >= 0.3 is 0 Å². The van der Waals surface area contributed by atoms with Crippen LogP contribution in [0.15, 0.2) is 0 Å². The Morgan fingerprint density at radius 2 is 2.05 bits per heavy atom. The van der Waals surface area contributed by atoms with Crippen LogP contribution in [0.1, 0.15) is 52.9 Å². The van der Waals surface area contributed by atoms with Gasteiger partial charge in [-0.25, -0.2) is 0 Å². The van der Waals surface area contributed by atoms with Crippen molar-refractivity contribution in [2.24, 2.45) is 22.5 Å². The van der Waals surface area contributed by atoms with Crippen LogP contribution in [0.25, 0.3) is 0 Å². The van der Waals surface area contributed by atoms with Crippen LogP contribution in [0.2, 0.25) is 0 Å². The standard InChI is InChI=1S/C16H28N2O2.ClH/c1-4-15(7-8-15)10-18-13(19)16(17)11-6-5-9-20-12(11)14(16,2)3;/h11-12H,4-10,17H2,1-3H3,(H,18,19);1H. The number of fused-ring (bicyclic) bond motifs is 1. The van der Waals surface area contributed by atoms with E-state index in [0.717, 1.165) is 32.4 Å². The first-order valence-electron chi connectivity index (χ1n) is 8.06. The first-order chi connectivity index (χ1) is 9.37. The molecule has 3 atom stereocenters. The Morgan fingerprint density at radius 1 is 1.38 bits per heavy atom. The number of carbonyl (C=O) groups excluding carboxylic acids is 1. The molecule has 0 radical (unpaired) electrons. The maximum absolute atomic E-state index is 12.7. The fourth-order valence-corrected chi connectivity index (χ4v) is 4.28. The van der Waals surface area contributed by atoms with E-state index in [9.17, 15) is 4.79 Å². The number of rotatable bonds is 4. The van der Waals surface area contributed by atoms with Gasteiger partial charge in [-0.05, 0) is 37.5 Å². The van der Waals surface area contributed by atoms with Gasteiger partial charge in [0.25, 0.3) is 0 Å². The van der Waals surface area contributed by atoms with Crippen molar-refractivity contribution in [2.75, 3.05) is 13.2 Å². The summed E-state index contributed by atoms with van der Waals surface area (Å²) in [4.78, 5) is 12.7. The minimum Gasteiger partial charge on any atom is -0.377 e. The maximum Gasteiger partial charge on any atom is 0.241 e. The number of carbonyl (C=O) groups is 1. The summed E-state index contributed by atoms with van der Waals surface area (Å²) in [5, 5.41) is 3.15. The van der Waals surface area contributed by atoms with Crippen molar-refractivity contribution in [1.82, 2.24) is 5.32 Å². The smallest absolute Gasteiger partial charge is 0.241 e. The largest absolute Gasteiger partial charge is 0.377 e. The summed E-state index contributed by atoms with van der Waals surface area (Å²) in [6, 6.07) is 0. The Balaban J connectivity index is 0.00000161. The highest BCUT2D eigenvalue weighted by atomic mass is 35.5. The molecule has 3 aliphatic rings. The quantitative estimate of drug-likeness (QED) is 0.836. The summed E-state index contributed by atoms with van der Waals surface area (Å²) in [5.41, 5.74) is 5.91. The SMILES string of the molecule is CCC1(CNC(=O)C2(N)C3CCCOC3C2(C)C)CC1.Cl. The van der Waals surface area contributed by atoms with Crippen LogP contribution in [-0.2, 0) is 9.53 Å². The molecule has 21 heavy (non-hydrogen) atoms. The van der Waals surface area contributed by atoms with E-state index in [-0.39, 0.29) is 35.8 Å². The summed E-state index contributed by atoms with van der Waals surface area (Å²) >= 11 is 0. The van der Waals surface area contributed by atoms with E-state index in [2.05, 4.69) is 26.1 Å². The average molecular weight is 317 g/mol. The predicted octanol–water partition coefficient (Wildman–Crippen LogP) is 2.25. The van der Waals surface area contributed by atoms with Gasteiger partial charge in [0.05, 0.1) is 6.10 Å². The zero-order valence-corrected chi connectivity index (χ0v) is 14.2. The Hall–Kier alpha value is -0.320. The molecule has 3 fully saturated rings. The van der Waals surface area contributed by atoms with Gasteiger partial charge < -0.3 is 15.8 Å². The average Bonchev–Trinajstić information content (AvgIpc) is 3.24. The van der Waals surface area contributed by atoms with Crippen LogP contribution in [0.3, 0.4) is 0 Å². The highest BCUT2D eigenvalue weighted by Gasteiger charge is 2.70. The topological polar surface area (TPSA) is 64.4 Å². The second-order valence-electron chi connectivity index (χ2n) is 7.67. The van der Waals surface area contributed by atoms with Crippen molar-refractivity contribution in [1.29, 1.82) is 0 Å². The molecule has 0 bridgehead atoms. The highest BCUT2D eigenvalue weighted by Crippen LogP contribution is 2.57. The first-order valence-corrected chi connectivity index (χ1v) is 8.06. The Kier molecular flexibility index (Phi) is 4.38. The minimum atomic E-state index is -0.762. The Bertz CT molecular complexity index is 423. The number of halogens is 1. The third-order valence-electron chi connectivity index (χ3n) is 6.39. The van der Waals surface area contributed by atoms with Gasteiger partial charge in [0.15, 0.2) is 0 Å². The Morgan fingerprint density at radius 3 is 2.62 bits per heavy atom. The molecule has 3 N–H and O–H groups in total. The van der Waals surface area contributed by atoms with Crippen LogP contribution in [-0.4, -0.2) is 30.7 Å².